The summed E-state index contributed by atoms with van der Waals surface area (Å²) in [5.41, 5.74) is 2.83. The number of H-pyrrole nitrogens is 1. The van der Waals surface area contributed by atoms with E-state index >= 15 is 0 Å². The summed E-state index contributed by atoms with van der Waals surface area (Å²) in [4.78, 5) is 23.1. The smallest absolute Gasteiger partial charge is 0.225 e. The van der Waals surface area contributed by atoms with E-state index in [1.165, 1.54) is 6.07 Å². The third-order valence-corrected chi connectivity index (χ3v) is 7.15. The van der Waals surface area contributed by atoms with Crippen LogP contribution in [0, 0.1) is 24.1 Å². The number of benzene rings is 1. The van der Waals surface area contributed by atoms with Gasteiger partial charge in [0.05, 0.1) is 6.04 Å². The normalized spacial score (nSPS) is 17.2. The van der Waals surface area contributed by atoms with Gasteiger partial charge in [-0.2, -0.15) is 0 Å². The van der Waals surface area contributed by atoms with Gasteiger partial charge in [-0.05, 0) is 62.5 Å². The Balaban J connectivity index is 1.43. The summed E-state index contributed by atoms with van der Waals surface area (Å²) in [6, 6.07) is 4.88. The van der Waals surface area contributed by atoms with Gasteiger partial charge < -0.3 is 10.3 Å². The number of amides is 1. The van der Waals surface area contributed by atoms with E-state index in [2.05, 4.69) is 27.1 Å². The highest BCUT2D eigenvalue weighted by Gasteiger charge is 2.33. The molecule has 166 valence electrons. The first kappa shape index (κ1) is 22.0. The van der Waals surface area contributed by atoms with Gasteiger partial charge in [-0.1, -0.05) is 20.8 Å². The summed E-state index contributed by atoms with van der Waals surface area (Å²) in [6.07, 6.45) is 3.82. The van der Waals surface area contributed by atoms with E-state index in [-0.39, 0.29) is 17.8 Å². The maximum Gasteiger partial charge on any atom is 0.225 e. The van der Waals surface area contributed by atoms with Gasteiger partial charge in [-0.15, -0.1) is 11.3 Å². The standard InChI is InChI=1S/C24H31FN4OS/c1-15-18-13-17(25)5-6-19(18)27-20(15)14-29-10-7-16(8-11-29)21(22-26-9-12-31-22)28-23(30)24(2,3)4/h5-6,9,12-13,16,21,27H,7-8,10-11,14H2,1-4H3,(H,28,30). The number of aromatic nitrogens is 2. The molecule has 3 aromatic rings. The van der Waals surface area contributed by atoms with Crippen molar-refractivity contribution in [2.24, 2.45) is 11.3 Å². The highest BCUT2D eigenvalue weighted by atomic mass is 32.1. The molecule has 1 amide bonds. The van der Waals surface area contributed by atoms with Crippen LogP contribution in [0.15, 0.2) is 29.8 Å². The Morgan fingerprint density at radius 2 is 2.10 bits per heavy atom. The first-order valence-corrected chi connectivity index (χ1v) is 11.8. The highest BCUT2D eigenvalue weighted by molar-refractivity contribution is 7.09. The Morgan fingerprint density at radius 1 is 1.35 bits per heavy atom. The van der Waals surface area contributed by atoms with Crippen LogP contribution in [0.3, 0.4) is 0 Å². The molecular weight excluding hydrogens is 411 g/mol. The van der Waals surface area contributed by atoms with Crippen molar-refractivity contribution in [3.63, 3.8) is 0 Å². The molecule has 2 aromatic heterocycles. The molecular formula is C24H31FN4OS. The fourth-order valence-corrected chi connectivity index (χ4v) is 5.09. The second-order valence-corrected chi connectivity index (χ2v) is 10.5. The van der Waals surface area contributed by atoms with Crippen molar-refractivity contribution >= 4 is 28.1 Å². The first-order chi connectivity index (χ1) is 14.7. The Kier molecular flexibility index (Phi) is 6.17. The fourth-order valence-electron chi connectivity index (χ4n) is 4.31. The van der Waals surface area contributed by atoms with Crippen LogP contribution in [0.5, 0.6) is 0 Å². The summed E-state index contributed by atoms with van der Waals surface area (Å²) >= 11 is 1.61. The van der Waals surface area contributed by atoms with Crippen molar-refractivity contribution in [1.29, 1.82) is 0 Å². The molecule has 0 saturated carbocycles. The molecule has 4 rings (SSSR count). The lowest BCUT2D eigenvalue weighted by atomic mass is 9.87. The summed E-state index contributed by atoms with van der Waals surface area (Å²) in [6.45, 7) is 10.6. The summed E-state index contributed by atoms with van der Waals surface area (Å²) in [7, 11) is 0. The number of carbonyl (C=O) groups excluding carboxylic acids is 1. The average molecular weight is 443 g/mol. The predicted molar refractivity (Wildman–Crippen MR) is 123 cm³/mol. The molecule has 1 fully saturated rings. The van der Waals surface area contributed by atoms with Gasteiger partial charge in [0.2, 0.25) is 5.91 Å². The van der Waals surface area contributed by atoms with Gasteiger partial charge in [-0.3, -0.25) is 9.69 Å². The van der Waals surface area contributed by atoms with Crippen molar-refractivity contribution in [3.8, 4) is 0 Å². The van der Waals surface area contributed by atoms with Crippen molar-refractivity contribution in [2.75, 3.05) is 13.1 Å². The van der Waals surface area contributed by atoms with Crippen molar-refractivity contribution < 1.29 is 9.18 Å². The lowest BCUT2D eigenvalue weighted by molar-refractivity contribution is -0.129. The maximum absolute atomic E-state index is 13.6. The molecule has 1 aliphatic heterocycles. The minimum Gasteiger partial charge on any atom is -0.357 e. The zero-order valence-corrected chi connectivity index (χ0v) is 19.5. The van der Waals surface area contributed by atoms with Gasteiger partial charge in [0.15, 0.2) is 0 Å². The Morgan fingerprint density at radius 3 is 2.74 bits per heavy atom. The van der Waals surface area contributed by atoms with Crippen LogP contribution in [-0.4, -0.2) is 33.9 Å². The van der Waals surface area contributed by atoms with Crippen LogP contribution in [0.4, 0.5) is 4.39 Å². The first-order valence-electron chi connectivity index (χ1n) is 10.9. The van der Waals surface area contributed by atoms with Crippen molar-refractivity contribution in [1.82, 2.24) is 20.2 Å². The zero-order chi connectivity index (χ0) is 22.2. The number of aryl methyl sites for hydroxylation is 1. The van der Waals surface area contributed by atoms with Crippen LogP contribution in [-0.2, 0) is 11.3 Å². The quantitative estimate of drug-likeness (QED) is 0.572. The van der Waals surface area contributed by atoms with Crippen LogP contribution in [0.1, 0.15) is 55.9 Å². The number of fused-ring (bicyclic) bond motifs is 1. The molecule has 0 radical (unpaired) electrons. The number of hydrogen-bond donors (Lipinski definition) is 2. The monoisotopic (exact) mass is 442 g/mol. The van der Waals surface area contributed by atoms with Crippen molar-refractivity contribution in [2.45, 2.75) is 53.1 Å². The van der Waals surface area contributed by atoms with E-state index in [1.54, 1.807) is 17.4 Å². The lowest BCUT2D eigenvalue weighted by Crippen LogP contribution is -2.43. The molecule has 31 heavy (non-hydrogen) atoms. The minimum atomic E-state index is -0.428. The summed E-state index contributed by atoms with van der Waals surface area (Å²) < 4.78 is 13.6. The Bertz CT molecular complexity index is 1050. The third-order valence-electron chi connectivity index (χ3n) is 6.29. The Hall–Kier alpha value is -2.25. The molecule has 1 aromatic carbocycles. The van der Waals surface area contributed by atoms with E-state index in [4.69, 9.17) is 0 Å². The lowest BCUT2D eigenvalue weighted by Gasteiger charge is -2.36. The second kappa shape index (κ2) is 8.71. The number of thiazole rings is 1. The number of nitrogens with one attached hydrogen (secondary N) is 2. The highest BCUT2D eigenvalue weighted by Crippen LogP contribution is 2.34. The summed E-state index contributed by atoms with van der Waals surface area (Å²) in [5, 5.41) is 7.20. The molecule has 0 spiro atoms. The van der Waals surface area contributed by atoms with E-state index < -0.39 is 5.41 Å². The minimum absolute atomic E-state index is 0.0355. The van der Waals surface area contributed by atoms with Gasteiger partial charge >= 0.3 is 0 Å². The van der Waals surface area contributed by atoms with Crippen LogP contribution in [0.25, 0.3) is 10.9 Å². The number of aromatic amines is 1. The maximum atomic E-state index is 13.6. The van der Waals surface area contributed by atoms with Crippen molar-refractivity contribution in [3.05, 3.63) is 51.9 Å². The SMILES string of the molecule is Cc1c(CN2CCC(C(NC(=O)C(C)(C)C)c3nccs3)CC2)[nH]c2ccc(F)cc12. The number of likely N-dealkylation sites (tertiary alicyclic amines) is 1. The molecule has 1 aliphatic rings. The number of nitrogens with zero attached hydrogens (tertiary/aromatic N) is 2. The van der Waals surface area contributed by atoms with Crippen LogP contribution < -0.4 is 5.32 Å². The third kappa shape index (κ3) is 4.83. The van der Waals surface area contributed by atoms with E-state index in [1.807, 2.05) is 38.4 Å². The van der Waals surface area contributed by atoms with Gasteiger partial charge in [0.1, 0.15) is 10.8 Å². The van der Waals surface area contributed by atoms with E-state index in [0.29, 0.717) is 5.92 Å². The number of halogens is 1. The fraction of sp³-hybridized carbons (Fsp3) is 0.500. The molecule has 0 aliphatic carbocycles. The van der Waals surface area contributed by atoms with Crippen LogP contribution in [0.2, 0.25) is 0 Å². The van der Waals surface area contributed by atoms with Gasteiger partial charge in [0, 0.05) is 40.1 Å². The summed E-state index contributed by atoms with van der Waals surface area (Å²) in [5.74, 6) is 0.232. The molecule has 7 heteroatoms. The molecule has 1 unspecified atom stereocenters. The molecule has 1 saturated heterocycles. The molecule has 5 nitrogen and oxygen atoms in total. The van der Waals surface area contributed by atoms with E-state index in [9.17, 15) is 9.18 Å². The molecule has 0 bridgehead atoms. The predicted octanol–water partition coefficient (Wildman–Crippen LogP) is 5.19. The number of piperidine rings is 1. The average Bonchev–Trinajstić information content (AvgIpc) is 3.35. The van der Waals surface area contributed by atoms with E-state index in [0.717, 1.165) is 59.6 Å². The van der Waals surface area contributed by atoms with Gasteiger partial charge in [-0.25, -0.2) is 9.37 Å². The zero-order valence-electron chi connectivity index (χ0n) is 18.7. The van der Waals surface area contributed by atoms with Crippen LogP contribution >= 0.6 is 11.3 Å². The topological polar surface area (TPSA) is 61.0 Å². The second-order valence-electron chi connectivity index (χ2n) is 9.60. The molecule has 1 atom stereocenters. The number of rotatable bonds is 5. The Labute approximate surface area is 187 Å². The largest absolute Gasteiger partial charge is 0.357 e. The van der Waals surface area contributed by atoms with Gasteiger partial charge in [0.25, 0.3) is 0 Å². The number of hydrogen-bond acceptors (Lipinski definition) is 4. The molecule has 2 N–H and O–H groups in total. The molecule has 3 heterocycles. The number of carbonyl (C=O) groups is 1.